The highest BCUT2D eigenvalue weighted by Gasteiger charge is 2.33. The van der Waals surface area contributed by atoms with Gasteiger partial charge in [0, 0.05) is 26.1 Å². The molecule has 1 unspecified atom stereocenters. The van der Waals surface area contributed by atoms with Crippen molar-refractivity contribution in [2.75, 3.05) is 33.4 Å². The predicted octanol–water partition coefficient (Wildman–Crippen LogP) is 2.96. The lowest BCUT2D eigenvalue weighted by Gasteiger charge is -2.39. The second kappa shape index (κ2) is 10.3. The molecule has 0 spiro atoms. The molecule has 0 aromatic heterocycles. The Bertz CT molecular complexity index is 867. The number of ether oxygens (including phenoxy) is 2. The highest BCUT2D eigenvalue weighted by atomic mass is 16.5. The highest BCUT2D eigenvalue weighted by molar-refractivity contribution is 5.80. The number of carbonyl (C=O) groups is 2. The molecular weight excluding hydrogens is 380 g/mol. The maximum Gasteiger partial charge on any atom is 0.258 e. The summed E-state index contributed by atoms with van der Waals surface area (Å²) in [7, 11) is 1.59. The molecule has 1 aliphatic rings. The Morgan fingerprint density at radius 3 is 2.63 bits per heavy atom. The maximum absolute atomic E-state index is 12.9. The van der Waals surface area contributed by atoms with Crippen molar-refractivity contribution in [3.05, 3.63) is 65.2 Å². The first-order valence-electron chi connectivity index (χ1n) is 10.4. The zero-order chi connectivity index (χ0) is 21.5. The Morgan fingerprint density at radius 2 is 1.93 bits per heavy atom. The van der Waals surface area contributed by atoms with Crippen LogP contribution in [0.25, 0.3) is 0 Å². The Balaban J connectivity index is 1.84. The molecule has 2 aromatic carbocycles. The van der Waals surface area contributed by atoms with E-state index in [0.717, 1.165) is 17.5 Å². The fourth-order valence-corrected chi connectivity index (χ4v) is 3.74. The molecule has 1 aliphatic heterocycles. The molecule has 2 aromatic rings. The lowest BCUT2D eigenvalue weighted by molar-refractivity contribution is -0.136. The van der Waals surface area contributed by atoms with Crippen LogP contribution in [0.15, 0.2) is 48.5 Å². The van der Waals surface area contributed by atoms with Crippen LogP contribution in [0.5, 0.6) is 5.75 Å². The summed E-state index contributed by atoms with van der Waals surface area (Å²) in [6.07, 6.45) is 0.801. The van der Waals surface area contributed by atoms with Gasteiger partial charge in [0.1, 0.15) is 5.75 Å². The molecule has 6 heteroatoms. The molecule has 0 saturated carbocycles. The van der Waals surface area contributed by atoms with E-state index in [-0.39, 0.29) is 30.4 Å². The summed E-state index contributed by atoms with van der Waals surface area (Å²) < 4.78 is 10.7. The van der Waals surface area contributed by atoms with Crippen LogP contribution < -0.4 is 10.1 Å². The minimum absolute atomic E-state index is 0.0624. The molecule has 0 saturated heterocycles. The fourth-order valence-electron chi connectivity index (χ4n) is 3.74. The van der Waals surface area contributed by atoms with Crippen molar-refractivity contribution in [2.24, 2.45) is 5.92 Å². The van der Waals surface area contributed by atoms with Crippen LogP contribution in [0.1, 0.15) is 36.6 Å². The van der Waals surface area contributed by atoms with Gasteiger partial charge in [-0.25, -0.2) is 0 Å². The van der Waals surface area contributed by atoms with E-state index in [9.17, 15) is 9.59 Å². The normalized spacial score (nSPS) is 15.6. The first kappa shape index (κ1) is 21.8. The lowest BCUT2D eigenvalue weighted by Crippen LogP contribution is -2.42. The fraction of sp³-hybridized carbons (Fsp3) is 0.417. The molecule has 0 fully saturated rings. The average molecular weight is 411 g/mol. The van der Waals surface area contributed by atoms with E-state index >= 15 is 0 Å². The Morgan fingerprint density at radius 1 is 1.17 bits per heavy atom. The van der Waals surface area contributed by atoms with E-state index in [0.29, 0.717) is 25.4 Å². The first-order chi connectivity index (χ1) is 14.5. The topological polar surface area (TPSA) is 67.9 Å². The van der Waals surface area contributed by atoms with Gasteiger partial charge in [0.15, 0.2) is 6.61 Å². The molecule has 1 heterocycles. The standard InChI is InChI=1S/C24H30N2O4/c1-17(2)24(28)26-13-11-18-9-10-20(30-16-22(27)25-12-14-29-3)15-21(18)23(26)19-7-5-4-6-8-19/h4-10,15,17,23H,11-14,16H2,1-3H3,(H,25,27). The second-order valence-corrected chi connectivity index (χ2v) is 7.74. The largest absolute Gasteiger partial charge is 0.484 e. The number of fused-ring (bicyclic) bond motifs is 1. The molecule has 160 valence electrons. The molecule has 3 rings (SSSR count). The molecule has 0 radical (unpaired) electrons. The third kappa shape index (κ3) is 5.19. The Kier molecular flexibility index (Phi) is 7.46. The van der Waals surface area contributed by atoms with Gasteiger partial charge in [0.25, 0.3) is 5.91 Å². The monoisotopic (exact) mass is 410 g/mol. The number of hydrogen-bond donors (Lipinski definition) is 1. The maximum atomic E-state index is 12.9. The van der Waals surface area contributed by atoms with Gasteiger partial charge >= 0.3 is 0 Å². The summed E-state index contributed by atoms with van der Waals surface area (Å²) in [5.41, 5.74) is 3.33. The van der Waals surface area contributed by atoms with E-state index in [2.05, 4.69) is 17.4 Å². The highest BCUT2D eigenvalue weighted by Crippen LogP contribution is 2.37. The molecule has 2 amide bonds. The molecule has 1 N–H and O–H groups in total. The van der Waals surface area contributed by atoms with Crippen LogP contribution in [-0.2, 0) is 20.7 Å². The van der Waals surface area contributed by atoms with Gasteiger partial charge in [-0.15, -0.1) is 0 Å². The van der Waals surface area contributed by atoms with Crippen LogP contribution in [0.3, 0.4) is 0 Å². The molecule has 1 atom stereocenters. The number of hydrogen-bond acceptors (Lipinski definition) is 4. The number of nitrogens with zero attached hydrogens (tertiary/aromatic N) is 1. The minimum atomic E-state index is -0.194. The first-order valence-corrected chi connectivity index (χ1v) is 10.4. The third-order valence-electron chi connectivity index (χ3n) is 5.24. The minimum Gasteiger partial charge on any atom is -0.484 e. The second-order valence-electron chi connectivity index (χ2n) is 7.74. The number of methoxy groups -OCH3 is 1. The van der Waals surface area contributed by atoms with Crippen molar-refractivity contribution in [2.45, 2.75) is 26.3 Å². The smallest absolute Gasteiger partial charge is 0.258 e. The molecule has 0 aliphatic carbocycles. The summed E-state index contributed by atoms with van der Waals surface area (Å²) in [5.74, 6) is 0.489. The van der Waals surface area contributed by atoms with E-state index in [1.54, 1.807) is 7.11 Å². The number of carbonyl (C=O) groups excluding carboxylic acids is 2. The Hall–Kier alpha value is -2.86. The summed E-state index contributed by atoms with van der Waals surface area (Å²) in [4.78, 5) is 26.8. The van der Waals surface area contributed by atoms with Crippen LogP contribution in [-0.4, -0.2) is 50.1 Å². The van der Waals surface area contributed by atoms with E-state index in [1.807, 2.05) is 55.1 Å². The summed E-state index contributed by atoms with van der Waals surface area (Å²) in [5, 5.41) is 2.74. The van der Waals surface area contributed by atoms with Crippen LogP contribution in [0.2, 0.25) is 0 Å². The van der Waals surface area contributed by atoms with Gasteiger partial charge in [0.2, 0.25) is 5.91 Å². The zero-order valence-corrected chi connectivity index (χ0v) is 17.9. The molecule has 30 heavy (non-hydrogen) atoms. The number of nitrogens with one attached hydrogen (secondary N) is 1. The van der Waals surface area contributed by atoms with Crippen molar-refractivity contribution < 1.29 is 19.1 Å². The van der Waals surface area contributed by atoms with Crippen LogP contribution >= 0.6 is 0 Å². The van der Waals surface area contributed by atoms with Crippen molar-refractivity contribution in [3.8, 4) is 5.75 Å². The van der Waals surface area contributed by atoms with Gasteiger partial charge in [-0.2, -0.15) is 0 Å². The number of benzene rings is 2. The summed E-state index contributed by atoms with van der Waals surface area (Å²) in [6.45, 7) is 5.40. The molecule has 6 nitrogen and oxygen atoms in total. The summed E-state index contributed by atoms with van der Waals surface area (Å²) in [6, 6.07) is 15.8. The van der Waals surface area contributed by atoms with Gasteiger partial charge in [-0.3, -0.25) is 9.59 Å². The Labute approximate surface area is 178 Å². The quantitative estimate of drug-likeness (QED) is 0.680. The van der Waals surface area contributed by atoms with Gasteiger partial charge in [-0.05, 0) is 35.2 Å². The average Bonchev–Trinajstić information content (AvgIpc) is 2.77. The lowest BCUT2D eigenvalue weighted by atomic mass is 9.87. The van der Waals surface area contributed by atoms with E-state index in [4.69, 9.17) is 9.47 Å². The molecule has 0 bridgehead atoms. The van der Waals surface area contributed by atoms with Gasteiger partial charge in [0.05, 0.1) is 12.6 Å². The predicted molar refractivity (Wildman–Crippen MR) is 115 cm³/mol. The third-order valence-corrected chi connectivity index (χ3v) is 5.24. The molecular formula is C24H30N2O4. The summed E-state index contributed by atoms with van der Waals surface area (Å²) >= 11 is 0. The van der Waals surface area contributed by atoms with Crippen LogP contribution in [0, 0.1) is 5.92 Å². The van der Waals surface area contributed by atoms with Gasteiger partial charge < -0.3 is 19.7 Å². The van der Waals surface area contributed by atoms with Gasteiger partial charge in [-0.1, -0.05) is 50.2 Å². The number of rotatable bonds is 8. The van der Waals surface area contributed by atoms with Crippen LogP contribution in [0.4, 0.5) is 0 Å². The van der Waals surface area contributed by atoms with E-state index < -0.39 is 0 Å². The van der Waals surface area contributed by atoms with Crippen molar-refractivity contribution >= 4 is 11.8 Å². The van der Waals surface area contributed by atoms with Crippen molar-refractivity contribution in [1.29, 1.82) is 0 Å². The SMILES string of the molecule is COCCNC(=O)COc1ccc2c(c1)C(c1ccccc1)N(C(=O)C(C)C)CC2. The zero-order valence-electron chi connectivity index (χ0n) is 17.9. The number of amides is 2. The van der Waals surface area contributed by atoms with Crippen molar-refractivity contribution in [1.82, 2.24) is 10.2 Å². The van der Waals surface area contributed by atoms with Crippen molar-refractivity contribution in [3.63, 3.8) is 0 Å². The van der Waals surface area contributed by atoms with E-state index in [1.165, 1.54) is 5.56 Å².